The maximum Gasteiger partial charge on any atom is 1.00 e. The molecule has 0 fully saturated rings. The van der Waals surface area contributed by atoms with E-state index in [2.05, 4.69) is 97.9 Å². The van der Waals surface area contributed by atoms with Crippen LogP contribution in [0.2, 0.25) is 6.32 Å². The largest absolute Gasteiger partial charge is 1.00 e. The first-order valence-corrected chi connectivity index (χ1v) is 8.71. The van der Waals surface area contributed by atoms with Crippen LogP contribution in [-0.4, -0.2) is 6.15 Å². The Morgan fingerprint density at radius 1 is 0.583 bits per heavy atom. The van der Waals surface area contributed by atoms with Crippen molar-refractivity contribution in [3.8, 4) is 0 Å². The number of hydrogen-bond donors (Lipinski definition) is 0. The Labute approximate surface area is 168 Å². The van der Waals surface area contributed by atoms with Crippen LogP contribution in [0.5, 0.6) is 0 Å². The van der Waals surface area contributed by atoms with Gasteiger partial charge in [0, 0.05) is 0 Å². The summed E-state index contributed by atoms with van der Waals surface area (Å²) < 4.78 is 0. The summed E-state index contributed by atoms with van der Waals surface area (Å²) in [5, 5.41) is 0. The third-order valence-electron chi connectivity index (χ3n) is 5.10. The summed E-state index contributed by atoms with van der Waals surface area (Å²) in [5.74, 6) is 0. The molecule has 2 heteroatoms. The molecule has 3 aromatic carbocycles. The van der Waals surface area contributed by atoms with Crippen molar-refractivity contribution in [1.82, 2.24) is 0 Å². The van der Waals surface area contributed by atoms with Crippen molar-refractivity contribution in [3.05, 3.63) is 91.0 Å². The molecule has 0 saturated carbocycles. The van der Waals surface area contributed by atoms with Crippen LogP contribution < -0.4 is 45.9 Å². The zero-order chi connectivity index (χ0) is 16.0. The van der Waals surface area contributed by atoms with Gasteiger partial charge < -0.3 is 0 Å². The fourth-order valence-corrected chi connectivity index (χ4v) is 3.93. The number of rotatable bonds is 6. The third kappa shape index (κ3) is 3.86. The van der Waals surface area contributed by atoms with Crippen LogP contribution in [0.25, 0.3) is 0 Å². The molecule has 0 saturated heterocycles. The van der Waals surface area contributed by atoms with Crippen molar-refractivity contribution in [1.29, 1.82) is 0 Å². The van der Waals surface area contributed by atoms with Crippen LogP contribution in [0.4, 0.5) is 0 Å². The van der Waals surface area contributed by atoms with Crippen molar-refractivity contribution in [3.63, 3.8) is 0 Å². The van der Waals surface area contributed by atoms with Crippen LogP contribution in [0, 0.1) is 0 Å². The SMILES string of the molecule is CCCC[B-](c1ccccc1)(c1ccccc1)c1ccccc1.[Na+]. The van der Waals surface area contributed by atoms with Crippen LogP contribution in [0.15, 0.2) is 91.0 Å². The van der Waals surface area contributed by atoms with Gasteiger partial charge in [0.2, 0.25) is 0 Å². The molecule has 0 heterocycles. The van der Waals surface area contributed by atoms with Crippen molar-refractivity contribution in [2.24, 2.45) is 0 Å². The first-order chi connectivity index (χ1) is 11.4. The molecule has 0 unspecified atom stereocenters. The Kier molecular flexibility index (Phi) is 7.36. The number of benzene rings is 3. The molecule has 0 bridgehead atoms. The second kappa shape index (κ2) is 9.27. The van der Waals surface area contributed by atoms with E-state index < -0.39 is 6.15 Å². The normalized spacial score (nSPS) is 10.9. The second-order valence-electron chi connectivity index (χ2n) is 6.42. The minimum atomic E-state index is -0.913. The molecule has 0 N–H and O–H groups in total. The zero-order valence-electron chi connectivity index (χ0n) is 14.9. The molecule has 0 aromatic heterocycles. The van der Waals surface area contributed by atoms with Crippen molar-refractivity contribution >= 4 is 22.5 Å². The van der Waals surface area contributed by atoms with E-state index in [1.165, 1.54) is 35.6 Å². The average molecular weight is 322 g/mol. The van der Waals surface area contributed by atoms with Crippen LogP contribution >= 0.6 is 0 Å². The van der Waals surface area contributed by atoms with E-state index in [0.29, 0.717) is 0 Å². The predicted octanol–water partition coefficient (Wildman–Crippen LogP) is 0.961. The van der Waals surface area contributed by atoms with Crippen molar-refractivity contribution in [2.45, 2.75) is 26.1 Å². The van der Waals surface area contributed by atoms with E-state index in [9.17, 15) is 0 Å². The van der Waals surface area contributed by atoms with E-state index in [1.807, 2.05) is 0 Å². The molecule has 0 spiro atoms. The van der Waals surface area contributed by atoms with Gasteiger partial charge >= 0.3 is 29.6 Å². The maximum absolute atomic E-state index is 2.30. The predicted molar refractivity (Wildman–Crippen MR) is 104 cm³/mol. The molecule has 3 aromatic rings. The molecule has 0 amide bonds. The van der Waals surface area contributed by atoms with E-state index in [1.54, 1.807) is 0 Å². The maximum atomic E-state index is 2.30. The minimum absolute atomic E-state index is 0. The summed E-state index contributed by atoms with van der Waals surface area (Å²) in [6.45, 7) is 2.28. The molecule has 0 atom stereocenters. The summed E-state index contributed by atoms with van der Waals surface area (Å²) in [6.07, 6.45) is 2.73. The molecule has 24 heavy (non-hydrogen) atoms. The Morgan fingerprint density at radius 3 is 1.21 bits per heavy atom. The molecule has 0 radical (unpaired) electrons. The van der Waals surface area contributed by atoms with Gasteiger partial charge in [-0.1, -0.05) is 111 Å². The van der Waals surface area contributed by atoms with E-state index in [0.717, 1.165) is 0 Å². The van der Waals surface area contributed by atoms with Gasteiger partial charge in [0.25, 0.3) is 0 Å². The first kappa shape index (κ1) is 19.1. The van der Waals surface area contributed by atoms with Gasteiger partial charge in [-0.3, -0.25) is 0 Å². The number of unbranched alkanes of at least 4 members (excludes halogenated alkanes) is 1. The van der Waals surface area contributed by atoms with E-state index in [4.69, 9.17) is 0 Å². The van der Waals surface area contributed by atoms with Gasteiger partial charge in [-0.15, -0.1) is 0 Å². The average Bonchev–Trinajstić information content (AvgIpc) is 2.65. The first-order valence-electron chi connectivity index (χ1n) is 8.71. The Bertz CT molecular complexity index is 614. The summed E-state index contributed by atoms with van der Waals surface area (Å²) in [5.41, 5.74) is 4.33. The van der Waals surface area contributed by atoms with Crippen molar-refractivity contribution in [2.75, 3.05) is 0 Å². The van der Waals surface area contributed by atoms with Gasteiger partial charge in [-0.25, -0.2) is 0 Å². The molecule has 0 nitrogen and oxygen atoms in total. The molecular formula is C22H24BNa. The van der Waals surface area contributed by atoms with Crippen molar-refractivity contribution < 1.29 is 29.6 Å². The topological polar surface area (TPSA) is 0 Å². The minimum Gasteiger partial charge on any atom is -0.200 e. The molecule has 0 aliphatic heterocycles. The molecule has 116 valence electrons. The summed E-state index contributed by atoms with van der Waals surface area (Å²) in [6, 6.07) is 33.2. The van der Waals surface area contributed by atoms with Gasteiger partial charge in [-0.2, -0.15) is 22.7 Å². The van der Waals surface area contributed by atoms with Gasteiger partial charge in [0.05, 0.1) is 6.15 Å². The van der Waals surface area contributed by atoms with Gasteiger partial charge in [0.1, 0.15) is 0 Å². The zero-order valence-corrected chi connectivity index (χ0v) is 16.9. The monoisotopic (exact) mass is 322 g/mol. The smallest absolute Gasteiger partial charge is 0.200 e. The Hall–Kier alpha value is -1.28. The fourth-order valence-electron chi connectivity index (χ4n) is 3.93. The molecule has 0 aliphatic rings. The quantitative estimate of drug-likeness (QED) is 0.593. The molecule has 3 rings (SSSR count). The number of hydrogen-bond acceptors (Lipinski definition) is 0. The van der Waals surface area contributed by atoms with Gasteiger partial charge in [-0.05, 0) is 0 Å². The standard InChI is InChI=1S/C22H24B.Na/c1-2-3-19-23(20-13-7-4-8-14-20,21-15-9-5-10-16-21)22-17-11-6-12-18-22;/h4-18H,2-3,19H2,1H3;/q-1;+1. The van der Waals surface area contributed by atoms with E-state index >= 15 is 0 Å². The van der Waals surface area contributed by atoms with Crippen LogP contribution in [0.1, 0.15) is 19.8 Å². The van der Waals surface area contributed by atoms with Crippen LogP contribution in [0.3, 0.4) is 0 Å². The molecule has 0 aliphatic carbocycles. The van der Waals surface area contributed by atoms with Gasteiger partial charge in [0.15, 0.2) is 0 Å². The third-order valence-corrected chi connectivity index (χ3v) is 5.10. The summed E-state index contributed by atoms with van der Waals surface area (Å²) in [4.78, 5) is 0. The fraction of sp³-hybridized carbons (Fsp3) is 0.182. The second-order valence-corrected chi connectivity index (χ2v) is 6.42. The van der Waals surface area contributed by atoms with Crippen LogP contribution in [-0.2, 0) is 0 Å². The Morgan fingerprint density at radius 2 is 0.917 bits per heavy atom. The molecular weight excluding hydrogens is 298 g/mol. The van der Waals surface area contributed by atoms with E-state index in [-0.39, 0.29) is 29.6 Å². The summed E-state index contributed by atoms with van der Waals surface area (Å²) in [7, 11) is 0. The Balaban J connectivity index is 0.00000208. The summed E-state index contributed by atoms with van der Waals surface area (Å²) >= 11 is 0.